The van der Waals surface area contributed by atoms with E-state index in [9.17, 15) is 19.7 Å². The van der Waals surface area contributed by atoms with E-state index in [0.717, 1.165) is 31.7 Å². The standard InChI is InChI=1S/C17H22ClN3O4/c1-11(16(22)20-13-6-4-2-3-5-7-13)19-17(23)12-8-9-14(18)15(10-12)21(24)25/h8-11,13H,2-7H2,1H3,(H,19,23)(H,20,22)/t11-/m0/s1. The largest absolute Gasteiger partial charge is 0.352 e. The molecule has 0 saturated heterocycles. The number of nitrogens with one attached hydrogen (secondary N) is 2. The van der Waals surface area contributed by atoms with Gasteiger partial charge in [0.15, 0.2) is 0 Å². The summed E-state index contributed by atoms with van der Waals surface area (Å²) in [4.78, 5) is 34.8. The first-order valence-corrected chi connectivity index (χ1v) is 8.81. The Balaban J connectivity index is 1.96. The smallest absolute Gasteiger partial charge is 0.288 e. The lowest BCUT2D eigenvalue weighted by Crippen LogP contribution is -2.48. The number of rotatable bonds is 5. The molecule has 1 atom stereocenters. The minimum Gasteiger partial charge on any atom is -0.352 e. The van der Waals surface area contributed by atoms with E-state index >= 15 is 0 Å². The Kier molecular flexibility index (Phi) is 6.75. The number of amides is 2. The van der Waals surface area contributed by atoms with Crippen LogP contribution in [0.3, 0.4) is 0 Å². The number of nitro benzene ring substituents is 1. The lowest BCUT2D eigenvalue weighted by atomic mass is 10.1. The third-order valence-electron chi connectivity index (χ3n) is 4.35. The van der Waals surface area contributed by atoms with Crippen LogP contribution in [0.15, 0.2) is 18.2 Å². The van der Waals surface area contributed by atoms with Crippen LogP contribution in [-0.4, -0.2) is 28.8 Å². The zero-order valence-electron chi connectivity index (χ0n) is 14.1. The molecule has 1 aromatic carbocycles. The number of carbonyl (C=O) groups is 2. The number of benzene rings is 1. The molecule has 1 aliphatic rings. The average Bonchev–Trinajstić information content (AvgIpc) is 2.83. The van der Waals surface area contributed by atoms with E-state index < -0.39 is 16.9 Å². The first-order chi connectivity index (χ1) is 11.9. The second kappa shape index (κ2) is 8.80. The lowest BCUT2D eigenvalue weighted by molar-refractivity contribution is -0.384. The van der Waals surface area contributed by atoms with Gasteiger partial charge in [0.1, 0.15) is 11.1 Å². The average molecular weight is 368 g/mol. The Morgan fingerprint density at radius 2 is 1.88 bits per heavy atom. The van der Waals surface area contributed by atoms with Crippen LogP contribution in [0.2, 0.25) is 5.02 Å². The van der Waals surface area contributed by atoms with Crippen molar-refractivity contribution in [3.8, 4) is 0 Å². The third-order valence-corrected chi connectivity index (χ3v) is 4.67. The van der Waals surface area contributed by atoms with E-state index in [-0.39, 0.29) is 28.2 Å². The highest BCUT2D eigenvalue weighted by Gasteiger charge is 2.22. The molecule has 0 bridgehead atoms. The molecule has 1 aromatic rings. The molecule has 2 amide bonds. The molecule has 0 radical (unpaired) electrons. The van der Waals surface area contributed by atoms with Crippen molar-refractivity contribution in [3.63, 3.8) is 0 Å². The lowest BCUT2D eigenvalue weighted by Gasteiger charge is -2.20. The van der Waals surface area contributed by atoms with Gasteiger partial charge < -0.3 is 10.6 Å². The van der Waals surface area contributed by atoms with Gasteiger partial charge in [0.25, 0.3) is 11.6 Å². The predicted octanol–water partition coefficient (Wildman–Crippen LogP) is 3.21. The maximum Gasteiger partial charge on any atom is 0.288 e. The zero-order chi connectivity index (χ0) is 18.4. The van der Waals surface area contributed by atoms with Gasteiger partial charge in [-0.3, -0.25) is 19.7 Å². The molecule has 8 heteroatoms. The number of hydrogen-bond acceptors (Lipinski definition) is 4. The molecule has 0 aromatic heterocycles. The normalized spacial score (nSPS) is 16.6. The van der Waals surface area contributed by atoms with Crippen molar-refractivity contribution in [1.82, 2.24) is 10.6 Å². The van der Waals surface area contributed by atoms with Crippen LogP contribution in [0.4, 0.5) is 5.69 Å². The molecule has 0 spiro atoms. The summed E-state index contributed by atoms with van der Waals surface area (Å²) in [6.07, 6.45) is 6.48. The topological polar surface area (TPSA) is 101 Å². The van der Waals surface area contributed by atoms with Crippen LogP contribution in [0, 0.1) is 10.1 Å². The summed E-state index contributed by atoms with van der Waals surface area (Å²) < 4.78 is 0. The van der Waals surface area contributed by atoms with Crippen LogP contribution < -0.4 is 10.6 Å². The molecular formula is C17H22ClN3O4. The van der Waals surface area contributed by atoms with Crippen LogP contribution in [0.25, 0.3) is 0 Å². The Morgan fingerprint density at radius 3 is 2.48 bits per heavy atom. The molecular weight excluding hydrogens is 346 g/mol. The number of nitrogens with zero attached hydrogens (tertiary/aromatic N) is 1. The van der Waals surface area contributed by atoms with Crippen molar-refractivity contribution in [2.45, 2.75) is 57.5 Å². The highest BCUT2D eigenvalue weighted by molar-refractivity contribution is 6.32. The Bertz CT molecular complexity index is 657. The second-order valence-electron chi connectivity index (χ2n) is 6.32. The Morgan fingerprint density at radius 1 is 1.24 bits per heavy atom. The van der Waals surface area contributed by atoms with Gasteiger partial charge in [0.2, 0.25) is 5.91 Å². The van der Waals surface area contributed by atoms with E-state index in [1.807, 2.05) is 0 Å². The minimum absolute atomic E-state index is 0.0410. The van der Waals surface area contributed by atoms with Crippen molar-refractivity contribution in [1.29, 1.82) is 0 Å². The van der Waals surface area contributed by atoms with Gasteiger partial charge in [-0.05, 0) is 31.9 Å². The highest BCUT2D eigenvalue weighted by atomic mass is 35.5. The van der Waals surface area contributed by atoms with Gasteiger partial charge in [-0.1, -0.05) is 37.3 Å². The third kappa shape index (κ3) is 5.42. The fourth-order valence-corrected chi connectivity index (χ4v) is 3.08. The number of nitro groups is 1. The van der Waals surface area contributed by atoms with Gasteiger partial charge in [-0.25, -0.2) is 0 Å². The van der Waals surface area contributed by atoms with E-state index in [1.54, 1.807) is 6.92 Å². The van der Waals surface area contributed by atoms with Gasteiger partial charge >= 0.3 is 0 Å². The summed E-state index contributed by atoms with van der Waals surface area (Å²) in [6.45, 7) is 1.59. The number of carbonyl (C=O) groups excluding carboxylic acids is 2. The van der Waals surface area contributed by atoms with Crippen molar-refractivity contribution in [3.05, 3.63) is 38.9 Å². The van der Waals surface area contributed by atoms with Gasteiger partial charge in [0, 0.05) is 17.7 Å². The van der Waals surface area contributed by atoms with Crippen molar-refractivity contribution in [2.75, 3.05) is 0 Å². The summed E-state index contributed by atoms with van der Waals surface area (Å²) in [6, 6.07) is 3.20. The maximum absolute atomic E-state index is 12.3. The fourth-order valence-electron chi connectivity index (χ4n) is 2.89. The van der Waals surface area contributed by atoms with Crippen molar-refractivity contribution in [2.24, 2.45) is 0 Å². The molecule has 25 heavy (non-hydrogen) atoms. The molecule has 2 N–H and O–H groups in total. The molecule has 1 saturated carbocycles. The monoisotopic (exact) mass is 367 g/mol. The minimum atomic E-state index is -0.731. The Labute approximate surface area is 151 Å². The highest BCUT2D eigenvalue weighted by Crippen LogP contribution is 2.25. The summed E-state index contributed by atoms with van der Waals surface area (Å²) in [5.74, 6) is -0.799. The Hall–Kier alpha value is -2.15. The van der Waals surface area contributed by atoms with E-state index in [2.05, 4.69) is 10.6 Å². The van der Waals surface area contributed by atoms with Crippen molar-refractivity contribution >= 4 is 29.1 Å². The number of hydrogen-bond donors (Lipinski definition) is 2. The molecule has 2 rings (SSSR count). The maximum atomic E-state index is 12.3. The van der Waals surface area contributed by atoms with Gasteiger partial charge in [0.05, 0.1) is 4.92 Å². The molecule has 7 nitrogen and oxygen atoms in total. The molecule has 1 aliphatic carbocycles. The van der Waals surface area contributed by atoms with E-state index in [0.29, 0.717) is 0 Å². The molecule has 0 aliphatic heterocycles. The summed E-state index contributed by atoms with van der Waals surface area (Å²) in [5, 5.41) is 16.4. The summed E-state index contributed by atoms with van der Waals surface area (Å²) in [7, 11) is 0. The van der Waals surface area contributed by atoms with Gasteiger partial charge in [-0.15, -0.1) is 0 Å². The van der Waals surface area contributed by atoms with Crippen LogP contribution in [0.1, 0.15) is 55.8 Å². The van der Waals surface area contributed by atoms with Crippen LogP contribution in [0.5, 0.6) is 0 Å². The summed E-state index contributed by atoms with van der Waals surface area (Å²) in [5.41, 5.74) is -0.255. The first kappa shape index (κ1) is 19.2. The van der Waals surface area contributed by atoms with Crippen molar-refractivity contribution < 1.29 is 14.5 Å². The molecule has 136 valence electrons. The first-order valence-electron chi connectivity index (χ1n) is 8.43. The van der Waals surface area contributed by atoms with E-state index in [1.165, 1.54) is 25.0 Å². The zero-order valence-corrected chi connectivity index (χ0v) is 14.8. The fraction of sp³-hybridized carbons (Fsp3) is 0.529. The van der Waals surface area contributed by atoms with Gasteiger partial charge in [-0.2, -0.15) is 0 Å². The molecule has 0 heterocycles. The number of halogens is 1. The second-order valence-corrected chi connectivity index (χ2v) is 6.72. The van der Waals surface area contributed by atoms with E-state index in [4.69, 9.17) is 11.6 Å². The predicted molar refractivity (Wildman–Crippen MR) is 94.7 cm³/mol. The molecule has 1 fully saturated rings. The van der Waals surface area contributed by atoms with Crippen LogP contribution in [-0.2, 0) is 4.79 Å². The quantitative estimate of drug-likeness (QED) is 0.474. The summed E-state index contributed by atoms with van der Waals surface area (Å²) >= 11 is 5.74. The SMILES string of the molecule is C[C@H](NC(=O)c1ccc(Cl)c([N+](=O)[O-])c1)C(=O)NC1CCCCCC1. The van der Waals surface area contributed by atoms with Crippen LogP contribution >= 0.6 is 11.6 Å². The molecule has 0 unspecified atom stereocenters.